The summed E-state index contributed by atoms with van der Waals surface area (Å²) < 4.78 is 9.50. The minimum absolute atomic E-state index is 0.257. The molecule has 0 bridgehead atoms. The Balaban J connectivity index is 3.50. The molecule has 0 aliphatic heterocycles. The molecular formula is C10H14O4S. The summed E-state index contributed by atoms with van der Waals surface area (Å²) in [4.78, 5) is 21.3. The topological polar surface area (TPSA) is 52.6 Å². The smallest absolute Gasteiger partial charge is 0.331 e. The highest BCUT2D eigenvalue weighted by Crippen LogP contribution is 2.07. The third-order valence-corrected chi connectivity index (χ3v) is 1.79. The number of hydrogen-bond donors (Lipinski definition) is 1. The van der Waals surface area contributed by atoms with Gasteiger partial charge in [0, 0.05) is 12.2 Å². The summed E-state index contributed by atoms with van der Waals surface area (Å²) >= 11 is 4.02. The summed E-state index contributed by atoms with van der Waals surface area (Å²) in [5, 5.41) is 0. The fourth-order valence-corrected chi connectivity index (χ4v) is 1.02. The molecule has 0 saturated heterocycles. The van der Waals surface area contributed by atoms with Crippen LogP contribution in [0.5, 0.6) is 0 Å². The Bertz CT molecular complexity index is 250. The van der Waals surface area contributed by atoms with Crippen molar-refractivity contribution >= 4 is 24.6 Å². The lowest BCUT2D eigenvalue weighted by atomic mass is 10.3. The first-order valence-electron chi connectivity index (χ1n) is 4.40. The molecular weight excluding hydrogens is 216 g/mol. The molecule has 0 aliphatic rings. The predicted octanol–water partition coefficient (Wildman–Crippen LogP) is 1.48. The van der Waals surface area contributed by atoms with Crippen molar-refractivity contribution in [2.24, 2.45) is 0 Å². The van der Waals surface area contributed by atoms with Crippen LogP contribution in [-0.2, 0) is 19.1 Å². The Hall–Kier alpha value is -1.23. The SMILES string of the molecule is C=CC(=O)OCCCC(S)OC(=O)C=C. The molecule has 84 valence electrons. The lowest BCUT2D eigenvalue weighted by Crippen LogP contribution is -2.12. The van der Waals surface area contributed by atoms with Gasteiger partial charge in [-0.2, -0.15) is 0 Å². The maximum Gasteiger partial charge on any atom is 0.331 e. The monoisotopic (exact) mass is 230 g/mol. The Morgan fingerprint density at radius 3 is 2.40 bits per heavy atom. The summed E-state index contributed by atoms with van der Waals surface area (Å²) in [5.74, 6) is -0.980. The van der Waals surface area contributed by atoms with E-state index in [4.69, 9.17) is 9.47 Å². The normalized spacial score (nSPS) is 11.3. The molecule has 0 spiro atoms. The third-order valence-electron chi connectivity index (χ3n) is 1.43. The molecule has 4 nitrogen and oxygen atoms in total. The number of hydrogen-bond acceptors (Lipinski definition) is 5. The van der Waals surface area contributed by atoms with E-state index in [-0.39, 0.29) is 6.61 Å². The molecule has 0 radical (unpaired) electrons. The number of thiol groups is 1. The third kappa shape index (κ3) is 7.81. The van der Waals surface area contributed by atoms with Gasteiger partial charge in [0.15, 0.2) is 0 Å². The van der Waals surface area contributed by atoms with E-state index < -0.39 is 17.4 Å². The Morgan fingerprint density at radius 2 is 1.87 bits per heavy atom. The average molecular weight is 230 g/mol. The quantitative estimate of drug-likeness (QED) is 0.237. The van der Waals surface area contributed by atoms with Gasteiger partial charge in [0.1, 0.15) is 5.44 Å². The first-order chi connectivity index (χ1) is 7.10. The Labute approximate surface area is 94.3 Å². The minimum Gasteiger partial charge on any atom is -0.463 e. The van der Waals surface area contributed by atoms with Crippen LogP contribution in [0.15, 0.2) is 25.3 Å². The molecule has 0 aromatic heterocycles. The van der Waals surface area contributed by atoms with Crippen molar-refractivity contribution < 1.29 is 19.1 Å². The maximum absolute atomic E-state index is 10.7. The Kier molecular flexibility index (Phi) is 7.44. The van der Waals surface area contributed by atoms with Crippen LogP contribution in [-0.4, -0.2) is 24.0 Å². The van der Waals surface area contributed by atoms with Gasteiger partial charge in [-0.15, -0.1) is 12.6 Å². The first-order valence-corrected chi connectivity index (χ1v) is 4.92. The van der Waals surface area contributed by atoms with Gasteiger partial charge in [0.25, 0.3) is 0 Å². The molecule has 0 fully saturated rings. The molecule has 5 heteroatoms. The number of carbonyl (C=O) groups excluding carboxylic acids is 2. The summed E-state index contributed by atoms with van der Waals surface area (Å²) in [6, 6.07) is 0. The highest BCUT2D eigenvalue weighted by atomic mass is 32.1. The van der Waals surface area contributed by atoms with Crippen LogP contribution in [0.3, 0.4) is 0 Å². The van der Waals surface area contributed by atoms with Gasteiger partial charge in [-0.3, -0.25) is 0 Å². The van der Waals surface area contributed by atoms with Gasteiger partial charge in [-0.05, 0) is 12.8 Å². The fraction of sp³-hybridized carbons (Fsp3) is 0.400. The van der Waals surface area contributed by atoms with Crippen molar-refractivity contribution in [3.63, 3.8) is 0 Å². The van der Waals surface area contributed by atoms with Crippen molar-refractivity contribution in [1.29, 1.82) is 0 Å². The highest BCUT2D eigenvalue weighted by Gasteiger charge is 2.07. The van der Waals surface area contributed by atoms with E-state index in [9.17, 15) is 9.59 Å². The van der Waals surface area contributed by atoms with E-state index in [1.54, 1.807) is 0 Å². The van der Waals surface area contributed by atoms with Gasteiger partial charge in [0.2, 0.25) is 0 Å². The van der Waals surface area contributed by atoms with Crippen molar-refractivity contribution in [3.8, 4) is 0 Å². The zero-order valence-electron chi connectivity index (χ0n) is 8.35. The van der Waals surface area contributed by atoms with Crippen molar-refractivity contribution in [2.45, 2.75) is 18.3 Å². The van der Waals surface area contributed by atoms with E-state index in [0.29, 0.717) is 12.8 Å². The second-order valence-corrected chi connectivity index (χ2v) is 3.19. The molecule has 0 amide bonds. The number of rotatable bonds is 7. The van der Waals surface area contributed by atoms with Gasteiger partial charge in [-0.25, -0.2) is 9.59 Å². The standard InChI is InChI=1S/C10H14O4S/c1-3-8(11)13-7-5-6-10(15)14-9(12)4-2/h3-4,10,15H,1-2,5-7H2. The summed E-state index contributed by atoms with van der Waals surface area (Å²) in [7, 11) is 0. The van der Waals surface area contributed by atoms with Gasteiger partial charge in [-0.1, -0.05) is 13.2 Å². The van der Waals surface area contributed by atoms with Crippen molar-refractivity contribution in [2.75, 3.05) is 6.61 Å². The van der Waals surface area contributed by atoms with Gasteiger partial charge >= 0.3 is 11.9 Å². The molecule has 0 aromatic rings. The second kappa shape index (κ2) is 8.11. The van der Waals surface area contributed by atoms with E-state index in [1.165, 1.54) is 0 Å². The van der Waals surface area contributed by atoms with E-state index >= 15 is 0 Å². The lowest BCUT2D eigenvalue weighted by molar-refractivity contribution is -0.141. The minimum atomic E-state index is -0.516. The molecule has 0 N–H and O–H groups in total. The van der Waals surface area contributed by atoms with Crippen LogP contribution < -0.4 is 0 Å². The average Bonchev–Trinajstić information content (AvgIpc) is 2.23. The number of carbonyl (C=O) groups is 2. The van der Waals surface area contributed by atoms with E-state index in [0.717, 1.165) is 12.2 Å². The second-order valence-electron chi connectivity index (χ2n) is 2.61. The lowest BCUT2D eigenvalue weighted by Gasteiger charge is -2.10. The first kappa shape index (κ1) is 13.8. The fourth-order valence-electron chi connectivity index (χ4n) is 0.731. The van der Waals surface area contributed by atoms with Crippen molar-refractivity contribution in [3.05, 3.63) is 25.3 Å². The van der Waals surface area contributed by atoms with Crippen LogP contribution in [0.2, 0.25) is 0 Å². The summed E-state index contributed by atoms with van der Waals surface area (Å²) in [5.41, 5.74) is -0.502. The molecule has 0 rings (SSSR count). The molecule has 0 heterocycles. The Morgan fingerprint density at radius 1 is 1.27 bits per heavy atom. The van der Waals surface area contributed by atoms with Crippen LogP contribution >= 0.6 is 12.6 Å². The zero-order chi connectivity index (χ0) is 11.7. The summed E-state index contributed by atoms with van der Waals surface area (Å²) in [6.07, 6.45) is 3.24. The van der Waals surface area contributed by atoms with Crippen LogP contribution in [0, 0.1) is 0 Å². The van der Waals surface area contributed by atoms with Crippen LogP contribution in [0.25, 0.3) is 0 Å². The molecule has 0 aliphatic carbocycles. The van der Waals surface area contributed by atoms with Gasteiger partial charge < -0.3 is 9.47 Å². The molecule has 0 aromatic carbocycles. The van der Waals surface area contributed by atoms with E-state index in [1.807, 2.05) is 0 Å². The molecule has 1 atom stereocenters. The van der Waals surface area contributed by atoms with Crippen LogP contribution in [0.1, 0.15) is 12.8 Å². The molecule has 0 saturated carbocycles. The van der Waals surface area contributed by atoms with E-state index in [2.05, 4.69) is 25.8 Å². The zero-order valence-corrected chi connectivity index (χ0v) is 9.24. The number of ether oxygens (including phenoxy) is 2. The predicted molar refractivity (Wildman–Crippen MR) is 59.5 cm³/mol. The molecule has 1 unspecified atom stereocenters. The van der Waals surface area contributed by atoms with Gasteiger partial charge in [0.05, 0.1) is 6.61 Å². The molecule has 15 heavy (non-hydrogen) atoms. The van der Waals surface area contributed by atoms with Crippen LogP contribution in [0.4, 0.5) is 0 Å². The summed E-state index contributed by atoms with van der Waals surface area (Å²) in [6.45, 7) is 6.77. The number of esters is 2. The largest absolute Gasteiger partial charge is 0.463 e. The maximum atomic E-state index is 10.7. The highest BCUT2D eigenvalue weighted by molar-refractivity contribution is 7.80. The van der Waals surface area contributed by atoms with Crippen molar-refractivity contribution in [1.82, 2.24) is 0 Å².